The molecule has 4 heteroatoms. The molecule has 2 rings (SSSR count). The molecule has 0 amide bonds. The Balaban J connectivity index is 1.90. The lowest BCUT2D eigenvalue weighted by Gasteiger charge is -2.17. The summed E-state index contributed by atoms with van der Waals surface area (Å²) in [5, 5.41) is 7.73. The van der Waals surface area contributed by atoms with Gasteiger partial charge in [-0.05, 0) is 32.9 Å². The Morgan fingerprint density at radius 3 is 2.70 bits per heavy atom. The highest BCUT2D eigenvalue weighted by Gasteiger charge is 2.07. The summed E-state index contributed by atoms with van der Waals surface area (Å²) in [4.78, 5) is 0. The van der Waals surface area contributed by atoms with Gasteiger partial charge < -0.3 is 10.1 Å². The maximum atomic E-state index is 5.83. The Kier molecular flexibility index (Phi) is 5.18. The van der Waals surface area contributed by atoms with E-state index >= 15 is 0 Å². The summed E-state index contributed by atoms with van der Waals surface area (Å²) in [5.74, 6) is 0.960. The summed E-state index contributed by atoms with van der Waals surface area (Å²) < 4.78 is 7.76. The Hall–Kier alpha value is -1.81. The second-order valence-corrected chi connectivity index (χ2v) is 5.28. The predicted octanol–water partition coefficient (Wildman–Crippen LogP) is 2.85. The van der Waals surface area contributed by atoms with Crippen LogP contribution in [0.2, 0.25) is 0 Å². The molecule has 108 valence electrons. The van der Waals surface area contributed by atoms with Gasteiger partial charge in [0.1, 0.15) is 5.75 Å². The lowest BCUT2D eigenvalue weighted by atomic mass is 10.2. The Bertz CT molecular complexity index is 508. The predicted molar refractivity (Wildman–Crippen MR) is 80.7 cm³/mol. The van der Waals surface area contributed by atoms with Crippen molar-refractivity contribution >= 4 is 0 Å². The van der Waals surface area contributed by atoms with E-state index in [1.54, 1.807) is 6.20 Å². The van der Waals surface area contributed by atoms with E-state index in [4.69, 9.17) is 4.74 Å². The monoisotopic (exact) mass is 273 g/mol. The van der Waals surface area contributed by atoms with Gasteiger partial charge >= 0.3 is 0 Å². The normalized spacial score (nSPS) is 12.6. The number of ether oxygens (including phenoxy) is 1. The second-order valence-electron chi connectivity index (χ2n) is 5.28. The average Bonchev–Trinajstić information content (AvgIpc) is 2.90. The van der Waals surface area contributed by atoms with Crippen LogP contribution in [-0.4, -0.2) is 21.9 Å². The van der Waals surface area contributed by atoms with Crippen LogP contribution in [0.5, 0.6) is 5.75 Å². The minimum absolute atomic E-state index is 0.192. The zero-order valence-electron chi connectivity index (χ0n) is 12.4. The summed E-state index contributed by atoms with van der Waals surface area (Å²) in [7, 11) is 0. The first kappa shape index (κ1) is 14.6. The molecule has 0 aliphatic carbocycles. The molecule has 0 fully saturated rings. The summed E-state index contributed by atoms with van der Waals surface area (Å²) >= 11 is 0. The van der Waals surface area contributed by atoms with Crippen LogP contribution in [0.3, 0.4) is 0 Å². The van der Waals surface area contributed by atoms with E-state index in [-0.39, 0.29) is 6.10 Å². The van der Waals surface area contributed by atoms with Crippen LogP contribution in [-0.2, 0) is 13.1 Å². The topological polar surface area (TPSA) is 39.1 Å². The van der Waals surface area contributed by atoms with Crippen LogP contribution in [0.25, 0.3) is 0 Å². The second kappa shape index (κ2) is 7.10. The highest BCUT2D eigenvalue weighted by Crippen LogP contribution is 2.19. The third-order valence-corrected chi connectivity index (χ3v) is 3.00. The van der Waals surface area contributed by atoms with Gasteiger partial charge in [0.25, 0.3) is 0 Å². The molecule has 2 aromatic rings. The third kappa shape index (κ3) is 4.38. The van der Waals surface area contributed by atoms with Gasteiger partial charge in [0.2, 0.25) is 0 Å². The van der Waals surface area contributed by atoms with Crippen LogP contribution >= 0.6 is 0 Å². The van der Waals surface area contributed by atoms with Gasteiger partial charge in [-0.1, -0.05) is 18.2 Å². The largest absolute Gasteiger partial charge is 0.491 e. The lowest BCUT2D eigenvalue weighted by molar-refractivity contribution is 0.239. The van der Waals surface area contributed by atoms with Crippen molar-refractivity contribution in [3.8, 4) is 5.75 Å². The molecule has 1 unspecified atom stereocenters. The molecule has 1 heterocycles. The van der Waals surface area contributed by atoms with Gasteiger partial charge in [0.15, 0.2) is 0 Å². The Morgan fingerprint density at radius 2 is 2.00 bits per heavy atom. The van der Waals surface area contributed by atoms with E-state index in [1.807, 2.05) is 49.0 Å². The number of hydrogen-bond donors (Lipinski definition) is 1. The molecule has 0 saturated carbocycles. The van der Waals surface area contributed by atoms with E-state index in [1.165, 1.54) is 5.56 Å². The number of rotatable bonds is 7. The van der Waals surface area contributed by atoms with Crippen LogP contribution in [0.4, 0.5) is 0 Å². The van der Waals surface area contributed by atoms with Crippen molar-refractivity contribution in [1.82, 2.24) is 15.1 Å². The Labute approximate surface area is 120 Å². The Morgan fingerprint density at radius 1 is 1.20 bits per heavy atom. The van der Waals surface area contributed by atoms with Crippen LogP contribution in [0.1, 0.15) is 26.3 Å². The molecule has 1 N–H and O–H groups in total. The van der Waals surface area contributed by atoms with Crippen LogP contribution in [0, 0.1) is 0 Å². The van der Waals surface area contributed by atoms with E-state index in [0.717, 1.165) is 18.8 Å². The molecule has 0 bridgehead atoms. The molecule has 0 spiro atoms. The molecule has 1 atom stereocenters. The maximum absolute atomic E-state index is 5.83. The van der Waals surface area contributed by atoms with E-state index < -0.39 is 0 Å². The maximum Gasteiger partial charge on any atom is 0.124 e. The summed E-state index contributed by atoms with van der Waals surface area (Å²) in [6.07, 6.45) is 3.98. The molecular weight excluding hydrogens is 250 g/mol. The highest BCUT2D eigenvalue weighted by atomic mass is 16.5. The zero-order chi connectivity index (χ0) is 14.4. The smallest absolute Gasteiger partial charge is 0.124 e. The summed E-state index contributed by atoms with van der Waals surface area (Å²) in [6, 6.07) is 10.5. The van der Waals surface area contributed by atoms with Gasteiger partial charge in [0, 0.05) is 30.5 Å². The fraction of sp³-hybridized carbons (Fsp3) is 0.438. The van der Waals surface area contributed by atoms with Crippen LogP contribution < -0.4 is 10.1 Å². The molecule has 20 heavy (non-hydrogen) atoms. The quantitative estimate of drug-likeness (QED) is 0.843. The van der Waals surface area contributed by atoms with Crippen molar-refractivity contribution in [1.29, 1.82) is 0 Å². The standard InChI is InChI=1S/C16H23N3O/c1-13(2)20-16-8-5-4-7-15(16)11-17-14(3)12-19-10-6-9-18-19/h4-10,13-14,17H,11-12H2,1-3H3. The molecule has 0 saturated heterocycles. The number of hydrogen-bond acceptors (Lipinski definition) is 3. The van der Waals surface area contributed by atoms with E-state index in [2.05, 4.69) is 23.4 Å². The minimum Gasteiger partial charge on any atom is -0.491 e. The third-order valence-electron chi connectivity index (χ3n) is 3.00. The molecular formula is C16H23N3O. The fourth-order valence-electron chi connectivity index (χ4n) is 2.06. The molecule has 0 aliphatic heterocycles. The lowest BCUT2D eigenvalue weighted by Crippen LogP contribution is -2.30. The summed E-state index contributed by atoms with van der Waals surface area (Å²) in [6.45, 7) is 7.91. The zero-order valence-corrected chi connectivity index (χ0v) is 12.4. The number of nitrogens with zero attached hydrogens (tertiary/aromatic N) is 2. The van der Waals surface area contributed by atoms with Crippen molar-refractivity contribution in [2.75, 3.05) is 0 Å². The molecule has 0 aliphatic rings. The van der Waals surface area contributed by atoms with E-state index in [0.29, 0.717) is 6.04 Å². The number of benzene rings is 1. The first-order valence-corrected chi connectivity index (χ1v) is 7.10. The van der Waals surface area contributed by atoms with Gasteiger partial charge in [-0.25, -0.2) is 0 Å². The molecule has 1 aromatic heterocycles. The van der Waals surface area contributed by atoms with Crippen molar-refractivity contribution in [3.63, 3.8) is 0 Å². The number of para-hydroxylation sites is 1. The van der Waals surface area contributed by atoms with Crippen molar-refractivity contribution in [2.24, 2.45) is 0 Å². The van der Waals surface area contributed by atoms with Crippen LogP contribution in [0.15, 0.2) is 42.7 Å². The summed E-state index contributed by atoms with van der Waals surface area (Å²) in [5.41, 5.74) is 1.19. The first-order valence-electron chi connectivity index (χ1n) is 7.10. The van der Waals surface area contributed by atoms with Gasteiger partial charge in [0.05, 0.1) is 12.6 Å². The minimum atomic E-state index is 0.192. The van der Waals surface area contributed by atoms with Gasteiger partial charge in [-0.15, -0.1) is 0 Å². The molecule has 4 nitrogen and oxygen atoms in total. The SMILES string of the molecule is CC(Cn1cccn1)NCc1ccccc1OC(C)C. The highest BCUT2D eigenvalue weighted by molar-refractivity contribution is 5.33. The molecule has 1 aromatic carbocycles. The van der Waals surface area contributed by atoms with Gasteiger partial charge in [-0.3, -0.25) is 4.68 Å². The average molecular weight is 273 g/mol. The number of nitrogens with one attached hydrogen (secondary N) is 1. The van der Waals surface area contributed by atoms with Crippen molar-refractivity contribution in [3.05, 3.63) is 48.3 Å². The molecule has 0 radical (unpaired) electrons. The fourth-order valence-corrected chi connectivity index (χ4v) is 2.06. The van der Waals surface area contributed by atoms with Gasteiger partial charge in [-0.2, -0.15) is 5.10 Å². The number of aromatic nitrogens is 2. The van der Waals surface area contributed by atoms with E-state index in [9.17, 15) is 0 Å². The van der Waals surface area contributed by atoms with Crippen molar-refractivity contribution < 1.29 is 4.74 Å². The first-order chi connectivity index (χ1) is 9.65. The van der Waals surface area contributed by atoms with Crippen molar-refractivity contribution in [2.45, 2.75) is 46.0 Å².